The molecule has 0 aliphatic heterocycles. The molecule has 0 aliphatic carbocycles. The number of nitrogens with zero attached hydrogens (tertiary/aromatic N) is 1. The molecule has 4 aromatic rings. The summed E-state index contributed by atoms with van der Waals surface area (Å²) in [6, 6.07) is 16.6. The summed E-state index contributed by atoms with van der Waals surface area (Å²) in [4.78, 5) is 33.0. The Balaban J connectivity index is 1.89. The van der Waals surface area contributed by atoms with Crippen LogP contribution in [0.15, 0.2) is 65.6 Å². The van der Waals surface area contributed by atoms with Gasteiger partial charge in [0.2, 0.25) is 0 Å². The van der Waals surface area contributed by atoms with Crippen LogP contribution in [0.4, 0.5) is 0 Å². The maximum Gasteiger partial charge on any atom is 0.259 e. The van der Waals surface area contributed by atoms with Crippen molar-refractivity contribution in [1.82, 2.24) is 9.97 Å². The van der Waals surface area contributed by atoms with Gasteiger partial charge >= 0.3 is 0 Å². The molecule has 0 fully saturated rings. The summed E-state index contributed by atoms with van der Waals surface area (Å²) < 4.78 is 0. The Kier molecular flexibility index (Phi) is 6.65. The summed E-state index contributed by atoms with van der Waals surface area (Å²) in [6.07, 6.45) is 1.78. The maximum atomic E-state index is 13.7. The van der Waals surface area contributed by atoms with Crippen molar-refractivity contribution < 1.29 is 4.79 Å². The molecule has 0 spiro atoms. The van der Waals surface area contributed by atoms with E-state index >= 15 is 0 Å². The Morgan fingerprint density at radius 2 is 1.75 bits per heavy atom. The molecule has 0 radical (unpaired) electrons. The van der Waals surface area contributed by atoms with Crippen LogP contribution in [-0.4, -0.2) is 20.6 Å². The highest BCUT2D eigenvalue weighted by Gasteiger charge is 2.31. The fourth-order valence-corrected chi connectivity index (χ4v) is 4.79. The topological polar surface area (TPSA) is 62.8 Å². The van der Waals surface area contributed by atoms with Gasteiger partial charge in [-0.1, -0.05) is 73.8 Å². The lowest BCUT2D eigenvalue weighted by molar-refractivity contribution is 0.0990. The van der Waals surface area contributed by atoms with E-state index in [1.54, 1.807) is 24.4 Å². The predicted molar refractivity (Wildman–Crippen MR) is 137 cm³/mol. The van der Waals surface area contributed by atoms with Crippen LogP contribution < -0.4 is 5.56 Å². The summed E-state index contributed by atoms with van der Waals surface area (Å²) in [5.41, 5.74) is 4.45. The van der Waals surface area contributed by atoms with Crippen LogP contribution in [0.3, 0.4) is 0 Å². The Labute approximate surface area is 207 Å². The second-order valence-corrected chi connectivity index (χ2v) is 10.0. The van der Waals surface area contributed by atoms with Gasteiger partial charge in [0.1, 0.15) is 0 Å². The van der Waals surface area contributed by atoms with Gasteiger partial charge in [0.15, 0.2) is 5.78 Å². The molecule has 0 saturated carbocycles. The highest BCUT2D eigenvalue weighted by molar-refractivity contribution is 9.12. The third-order valence-electron chi connectivity index (χ3n) is 5.47. The van der Waals surface area contributed by atoms with Crippen LogP contribution in [0.5, 0.6) is 0 Å². The molecule has 2 heterocycles. The van der Waals surface area contributed by atoms with Gasteiger partial charge in [0.25, 0.3) is 5.56 Å². The summed E-state index contributed by atoms with van der Waals surface area (Å²) in [6.45, 7) is 3.98. The van der Waals surface area contributed by atoms with E-state index in [0.29, 0.717) is 27.2 Å². The van der Waals surface area contributed by atoms with Gasteiger partial charge in [0, 0.05) is 27.7 Å². The van der Waals surface area contributed by atoms with Gasteiger partial charge in [-0.25, -0.2) is 0 Å². The highest BCUT2D eigenvalue weighted by atomic mass is 79.9. The van der Waals surface area contributed by atoms with Crippen LogP contribution in [0.25, 0.3) is 22.0 Å². The number of nitrogens with one attached hydrogen (secondary N) is 1. The number of alkyl halides is 2. The van der Waals surface area contributed by atoms with Gasteiger partial charge in [-0.2, -0.15) is 0 Å². The molecule has 7 heteroatoms. The van der Waals surface area contributed by atoms with Crippen LogP contribution in [0, 0.1) is 13.8 Å². The number of carbonyl (C=O) groups excluding carboxylic acids is 1. The first-order valence-electron chi connectivity index (χ1n) is 9.94. The predicted octanol–water partition coefficient (Wildman–Crippen LogP) is 6.94. The number of benzene rings is 2. The molecular weight excluding hydrogens is 556 g/mol. The number of ketones is 1. The Morgan fingerprint density at radius 3 is 2.44 bits per heavy atom. The fraction of sp³-hybridized carbons (Fsp3) is 0.160. The fourth-order valence-electron chi connectivity index (χ4n) is 3.62. The minimum absolute atomic E-state index is 0.0844. The number of H-pyrrole nitrogens is 1. The zero-order valence-electron chi connectivity index (χ0n) is 17.3. The standard InChI is InChI=1S/C25H19Br2ClN2O2/c1-13-10-19(29-12-14(13)2)22(26)23(27)24(31)21-20(15-6-4-3-5-7-15)17-11-16(28)8-9-18(17)30-25(21)32/h3-12,22-23H,1-2H3,(H,30,32). The zero-order chi connectivity index (χ0) is 23.0. The van der Waals surface area contributed by atoms with E-state index in [1.807, 2.05) is 50.2 Å². The Hall–Kier alpha value is -2.28. The molecule has 4 rings (SSSR count). The van der Waals surface area contributed by atoms with E-state index in [-0.39, 0.29) is 11.3 Å². The molecule has 2 aromatic heterocycles. The monoisotopic (exact) mass is 572 g/mol. The second-order valence-electron chi connectivity index (χ2n) is 7.62. The molecule has 2 atom stereocenters. The molecule has 2 unspecified atom stereocenters. The van der Waals surface area contributed by atoms with Crippen LogP contribution in [-0.2, 0) is 0 Å². The number of carbonyl (C=O) groups is 1. The summed E-state index contributed by atoms with van der Waals surface area (Å²) in [5.74, 6) is -0.339. The van der Waals surface area contributed by atoms with Gasteiger partial charge in [-0.05, 0) is 54.8 Å². The Bertz CT molecular complexity index is 1390. The number of aryl methyl sites for hydroxylation is 2. The zero-order valence-corrected chi connectivity index (χ0v) is 21.3. The van der Waals surface area contributed by atoms with Crippen LogP contribution in [0.1, 0.15) is 32.0 Å². The van der Waals surface area contributed by atoms with Crippen LogP contribution >= 0.6 is 43.5 Å². The van der Waals surface area contributed by atoms with E-state index in [2.05, 4.69) is 41.8 Å². The largest absolute Gasteiger partial charge is 0.321 e. The molecule has 0 aliphatic rings. The average molecular weight is 575 g/mol. The molecule has 4 nitrogen and oxygen atoms in total. The maximum absolute atomic E-state index is 13.7. The minimum Gasteiger partial charge on any atom is -0.321 e. The van der Waals surface area contributed by atoms with Crippen molar-refractivity contribution in [1.29, 1.82) is 0 Å². The summed E-state index contributed by atoms with van der Waals surface area (Å²) in [5, 5.41) is 1.23. The lowest BCUT2D eigenvalue weighted by Crippen LogP contribution is -2.28. The summed E-state index contributed by atoms with van der Waals surface area (Å²) >= 11 is 13.4. The second kappa shape index (κ2) is 9.30. The molecule has 162 valence electrons. The van der Waals surface area contributed by atoms with Crippen LogP contribution in [0.2, 0.25) is 5.02 Å². The normalized spacial score (nSPS) is 13.2. The number of aromatic amines is 1. The first-order valence-corrected chi connectivity index (χ1v) is 12.2. The number of hydrogen-bond donors (Lipinski definition) is 1. The smallest absolute Gasteiger partial charge is 0.259 e. The van der Waals surface area contributed by atoms with Crippen molar-refractivity contribution >= 4 is 60.1 Å². The van der Waals surface area contributed by atoms with Gasteiger partial charge in [-0.15, -0.1) is 0 Å². The van der Waals surface area contributed by atoms with E-state index in [4.69, 9.17) is 11.6 Å². The van der Waals surface area contributed by atoms with Crippen molar-refractivity contribution in [3.8, 4) is 11.1 Å². The van der Waals surface area contributed by atoms with Gasteiger partial charge in [0.05, 0.1) is 20.9 Å². The lowest BCUT2D eigenvalue weighted by Gasteiger charge is -2.19. The molecule has 0 bridgehead atoms. The molecule has 2 aromatic carbocycles. The molecule has 0 saturated heterocycles. The van der Waals surface area contributed by atoms with E-state index < -0.39 is 15.2 Å². The first-order chi connectivity index (χ1) is 15.3. The number of halogens is 3. The third kappa shape index (κ3) is 4.32. The summed E-state index contributed by atoms with van der Waals surface area (Å²) in [7, 11) is 0. The number of Topliss-reactive ketones (excluding diaryl/α,β-unsaturated/α-hetero) is 1. The van der Waals surface area contributed by atoms with Crippen molar-refractivity contribution in [2.75, 3.05) is 0 Å². The number of rotatable bonds is 5. The van der Waals surface area contributed by atoms with E-state index in [1.165, 1.54) is 0 Å². The van der Waals surface area contributed by atoms with Gasteiger partial charge in [-0.3, -0.25) is 14.6 Å². The van der Waals surface area contributed by atoms with Crippen molar-refractivity contribution in [2.24, 2.45) is 0 Å². The van der Waals surface area contributed by atoms with Crippen molar-refractivity contribution in [3.05, 3.63) is 98.6 Å². The van der Waals surface area contributed by atoms with Crippen molar-refractivity contribution in [2.45, 2.75) is 23.5 Å². The van der Waals surface area contributed by atoms with E-state index in [0.717, 1.165) is 16.7 Å². The first kappa shape index (κ1) is 22.9. The van der Waals surface area contributed by atoms with E-state index in [9.17, 15) is 9.59 Å². The lowest BCUT2D eigenvalue weighted by atomic mass is 9.92. The number of hydrogen-bond acceptors (Lipinski definition) is 3. The molecular formula is C25H19Br2ClN2O2. The van der Waals surface area contributed by atoms with Crippen molar-refractivity contribution in [3.63, 3.8) is 0 Å². The molecule has 0 amide bonds. The SMILES string of the molecule is Cc1cnc(C(Br)C(Br)C(=O)c2c(-c3ccccc3)c3cc(Cl)ccc3[nH]c2=O)cc1C. The Morgan fingerprint density at radius 1 is 1.03 bits per heavy atom. The molecule has 1 N–H and O–H groups in total. The average Bonchev–Trinajstić information content (AvgIpc) is 2.79. The third-order valence-corrected chi connectivity index (χ3v) is 8.36. The quantitative estimate of drug-likeness (QED) is 0.207. The van der Waals surface area contributed by atoms with Gasteiger partial charge < -0.3 is 4.98 Å². The molecule has 32 heavy (non-hydrogen) atoms. The number of fused-ring (bicyclic) bond motifs is 1. The minimum atomic E-state index is -0.711. The number of pyridine rings is 2. The number of aromatic nitrogens is 2. The highest BCUT2D eigenvalue weighted by Crippen LogP contribution is 2.36.